The van der Waals surface area contributed by atoms with Gasteiger partial charge in [-0.05, 0) is 91.4 Å². The number of fused-ring (bicyclic) bond motifs is 5. The van der Waals surface area contributed by atoms with E-state index in [0.29, 0.717) is 49.2 Å². The minimum absolute atomic E-state index is 0.0975. The summed E-state index contributed by atoms with van der Waals surface area (Å²) in [6.07, 6.45) is 10.9. The van der Waals surface area contributed by atoms with Crippen LogP contribution in [0.2, 0.25) is 0 Å². The topological polar surface area (TPSA) is 61.8 Å². The zero-order chi connectivity index (χ0) is 23.1. The molecule has 8 atom stereocenters. The molecule has 0 aliphatic heterocycles. The summed E-state index contributed by atoms with van der Waals surface area (Å²) < 4.78 is 16.5. The van der Waals surface area contributed by atoms with Crippen LogP contribution in [-0.2, 0) is 23.8 Å². The molecule has 0 aromatic rings. The van der Waals surface area contributed by atoms with Gasteiger partial charge in [-0.2, -0.15) is 0 Å². The van der Waals surface area contributed by atoms with Crippen molar-refractivity contribution in [3.8, 4) is 0 Å². The minimum atomic E-state index is -0.0975. The van der Waals surface area contributed by atoms with Crippen LogP contribution < -0.4 is 0 Å². The van der Waals surface area contributed by atoms with Crippen LogP contribution in [0.4, 0.5) is 0 Å². The Bertz CT molecular complexity index is 759. The van der Waals surface area contributed by atoms with Crippen LogP contribution in [0.1, 0.15) is 78.6 Å². The van der Waals surface area contributed by atoms with Gasteiger partial charge in [0.15, 0.2) is 5.78 Å². The van der Waals surface area contributed by atoms with Crippen LogP contribution >= 0.6 is 0 Å². The fourth-order valence-electron chi connectivity index (χ4n) is 8.45. The molecule has 0 spiro atoms. The molecule has 5 nitrogen and oxygen atoms in total. The fourth-order valence-corrected chi connectivity index (χ4v) is 8.45. The zero-order valence-electron chi connectivity index (χ0n) is 20.7. The molecule has 0 aromatic heterocycles. The number of methoxy groups -OCH3 is 2. The number of rotatable bonds is 7. The SMILES string of the molecule is COCO[C@@H]1CC2=CC(=O)CCC2(C)C2CCC3(C)C(CCC3[C@H](C)CCC(=O)OC)C21. The molecule has 0 amide bonds. The first-order chi connectivity index (χ1) is 15.2. The third kappa shape index (κ3) is 3.98. The van der Waals surface area contributed by atoms with Crippen molar-refractivity contribution in [1.29, 1.82) is 0 Å². The Labute approximate surface area is 193 Å². The summed E-state index contributed by atoms with van der Waals surface area (Å²) in [6, 6.07) is 0. The van der Waals surface area contributed by atoms with E-state index in [9.17, 15) is 9.59 Å². The van der Waals surface area contributed by atoms with E-state index >= 15 is 0 Å². The Balaban J connectivity index is 1.60. The smallest absolute Gasteiger partial charge is 0.305 e. The molecule has 6 unspecified atom stereocenters. The largest absolute Gasteiger partial charge is 0.469 e. The molecule has 0 radical (unpaired) electrons. The van der Waals surface area contributed by atoms with Gasteiger partial charge in [-0.15, -0.1) is 0 Å². The standard InChI is InChI=1S/C27H42O5/c1-17(6-9-24(29)31-5)20-7-8-21-25-22(11-13-27(20,21)3)26(2)12-10-19(28)14-18(26)15-23(25)32-16-30-4/h14,17,20-23,25H,6-13,15-16H2,1-5H3/t17-,20?,21?,22?,23-,25?,26?,27?/m1/s1. The maximum Gasteiger partial charge on any atom is 0.305 e. The summed E-state index contributed by atoms with van der Waals surface area (Å²) in [5, 5.41) is 0. The van der Waals surface area contributed by atoms with E-state index in [-0.39, 0.29) is 28.7 Å². The van der Waals surface area contributed by atoms with E-state index in [0.717, 1.165) is 19.3 Å². The van der Waals surface area contributed by atoms with Crippen molar-refractivity contribution in [3.63, 3.8) is 0 Å². The summed E-state index contributed by atoms with van der Waals surface area (Å²) in [4.78, 5) is 24.0. The van der Waals surface area contributed by atoms with Gasteiger partial charge < -0.3 is 14.2 Å². The molecule has 4 rings (SSSR count). The molecule has 4 aliphatic carbocycles. The monoisotopic (exact) mass is 446 g/mol. The highest BCUT2D eigenvalue weighted by Gasteiger charge is 2.62. The maximum atomic E-state index is 12.2. The van der Waals surface area contributed by atoms with Crippen molar-refractivity contribution in [2.75, 3.05) is 21.0 Å². The average Bonchev–Trinajstić information content (AvgIpc) is 3.13. The second kappa shape index (κ2) is 9.21. The Morgan fingerprint density at radius 2 is 1.94 bits per heavy atom. The number of ether oxygens (including phenoxy) is 3. The summed E-state index contributed by atoms with van der Waals surface area (Å²) in [6.45, 7) is 7.59. The number of carbonyl (C=O) groups excluding carboxylic acids is 2. The molecule has 0 aromatic carbocycles. The molecule has 0 heterocycles. The van der Waals surface area contributed by atoms with E-state index < -0.39 is 0 Å². The maximum absolute atomic E-state index is 12.2. The first-order valence-electron chi connectivity index (χ1n) is 12.7. The number of ketones is 1. The number of carbonyl (C=O) groups is 2. The fraction of sp³-hybridized carbons (Fsp3) is 0.852. The molecular weight excluding hydrogens is 404 g/mol. The molecule has 3 fully saturated rings. The Morgan fingerprint density at radius 1 is 1.16 bits per heavy atom. The molecule has 4 aliphatic rings. The highest BCUT2D eigenvalue weighted by Crippen LogP contribution is 2.68. The summed E-state index contributed by atoms with van der Waals surface area (Å²) in [7, 11) is 3.17. The van der Waals surface area contributed by atoms with E-state index in [2.05, 4.69) is 20.8 Å². The summed E-state index contributed by atoms with van der Waals surface area (Å²) in [5.41, 5.74) is 1.73. The van der Waals surface area contributed by atoms with Crippen LogP contribution in [0.3, 0.4) is 0 Å². The molecule has 3 saturated carbocycles. The predicted octanol–water partition coefficient (Wildman–Crippen LogP) is 5.32. The molecule has 5 heteroatoms. The van der Waals surface area contributed by atoms with Crippen molar-refractivity contribution >= 4 is 11.8 Å². The van der Waals surface area contributed by atoms with Gasteiger partial charge in [-0.25, -0.2) is 0 Å². The Hall–Kier alpha value is -1.20. The van der Waals surface area contributed by atoms with Crippen LogP contribution in [0.15, 0.2) is 11.6 Å². The zero-order valence-corrected chi connectivity index (χ0v) is 20.7. The van der Waals surface area contributed by atoms with Gasteiger partial charge in [0.25, 0.3) is 0 Å². The van der Waals surface area contributed by atoms with Crippen LogP contribution in [-0.4, -0.2) is 38.9 Å². The van der Waals surface area contributed by atoms with Crippen molar-refractivity contribution in [2.45, 2.75) is 84.7 Å². The highest BCUT2D eigenvalue weighted by atomic mass is 16.7. The number of esters is 1. The lowest BCUT2D eigenvalue weighted by atomic mass is 9.45. The molecule has 0 bridgehead atoms. The van der Waals surface area contributed by atoms with E-state index in [1.54, 1.807) is 7.11 Å². The van der Waals surface area contributed by atoms with Crippen LogP contribution in [0, 0.1) is 40.4 Å². The number of hydrogen-bond acceptors (Lipinski definition) is 5. The van der Waals surface area contributed by atoms with Gasteiger partial charge in [0.05, 0.1) is 13.2 Å². The average molecular weight is 447 g/mol. The lowest BCUT2D eigenvalue weighted by Crippen LogP contribution is -2.56. The molecule has 0 saturated heterocycles. The molecule has 180 valence electrons. The van der Waals surface area contributed by atoms with E-state index in [1.165, 1.54) is 38.4 Å². The van der Waals surface area contributed by atoms with Crippen molar-refractivity contribution in [1.82, 2.24) is 0 Å². The molecular formula is C27H42O5. The molecule has 0 N–H and O–H groups in total. The van der Waals surface area contributed by atoms with Gasteiger partial charge in [0, 0.05) is 20.0 Å². The lowest BCUT2D eigenvalue weighted by Gasteiger charge is -2.60. The Kier molecular flexibility index (Phi) is 6.89. The summed E-state index contributed by atoms with van der Waals surface area (Å²) >= 11 is 0. The Morgan fingerprint density at radius 3 is 2.66 bits per heavy atom. The molecule has 32 heavy (non-hydrogen) atoms. The van der Waals surface area contributed by atoms with Gasteiger partial charge in [-0.3, -0.25) is 9.59 Å². The second-order valence-corrected chi connectivity index (χ2v) is 11.5. The second-order valence-electron chi connectivity index (χ2n) is 11.5. The first kappa shape index (κ1) is 23.9. The predicted molar refractivity (Wildman–Crippen MR) is 123 cm³/mol. The first-order valence-corrected chi connectivity index (χ1v) is 12.7. The van der Waals surface area contributed by atoms with Gasteiger partial charge >= 0.3 is 5.97 Å². The van der Waals surface area contributed by atoms with Crippen molar-refractivity contribution in [3.05, 3.63) is 11.6 Å². The van der Waals surface area contributed by atoms with Gasteiger partial charge in [0.2, 0.25) is 0 Å². The van der Waals surface area contributed by atoms with E-state index in [1.807, 2.05) is 6.08 Å². The van der Waals surface area contributed by atoms with Crippen molar-refractivity contribution < 1.29 is 23.8 Å². The van der Waals surface area contributed by atoms with E-state index in [4.69, 9.17) is 14.2 Å². The van der Waals surface area contributed by atoms with Crippen molar-refractivity contribution in [2.24, 2.45) is 40.4 Å². The lowest BCUT2D eigenvalue weighted by molar-refractivity contribution is -0.165. The number of hydrogen-bond donors (Lipinski definition) is 0. The third-order valence-electron chi connectivity index (χ3n) is 10.2. The van der Waals surface area contributed by atoms with Gasteiger partial charge in [0.1, 0.15) is 6.79 Å². The van der Waals surface area contributed by atoms with Crippen LogP contribution in [0.5, 0.6) is 0 Å². The van der Waals surface area contributed by atoms with Gasteiger partial charge in [-0.1, -0.05) is 26.3 Å². The summed E-state index contributed by atoms with van der Waals surface area (Å²) in [5.74, 6) is 3.04. The van der Waals surface area contributed by atoms with Crippen LogP contribution in [0.25, 0.3) is 0 Å². The normalized spacial score (nSPS) is 41.8. The highest BCUT2D eigenvalue weighted by molar-refractivity contribution is 5.91. The minimum Gasteiger partial charge on any atom is -0.469 e. The quantitative estimate of drug-likeness (QED) is 0.391. The third-order valence-corrected chi connectivity index (χ3v) is 10.2.